The van der Waals surface area contributed by atoms with Crippen LogP contribution in [0.1, 0.15) is 13.3 Å². The van der Waals surface area contributed by atoms with Crippen molar-refractivity contribution < 1.29 is 14.6 Å². The second-order valence-corrected chi connectivity index (χ2v) is 5.16. The van der Waals surface area contributed by atoms with Crippen molar-refractivity contribution in [2.24, 2.45) is 0 Å². The quantitative estimate of drug-likeness (QED) is 0.570. The molecule has 1 heterocycles. The minimum atomic E-state index is -0.742. The van der Waals surface area contributed by atoms with Crippen LogP contribution in [0.25, 0.3) is 0 Å². The predicted octanol–water partition coefficient (Wildman–Crippen LogP) is 0.527. The number of anilines is 1. The van der Waals surface area contributed by atoms with Gasteiger partial charge in [0.1, 0.15) is 0 Å². The molecule has 0 fully saturated rings. The zero-order chi connectivity index (χ0) is 12.0. The number of nitrogen functional groups attached to an aromatic ring is 1. The number of thioether (sulfide) groups is 1. The van der Waals surface area contributed by atoms with Crippen molar-refractivity contribution in [3.8, 4) is 0 Å². The van der Waals surface area contributed by atoms with Crippen LogP contribution in [0, 0.1) is 0 Å². The van der Waals surface area contributed by atoms with E-state index in [0.29, 0.717) is 21.8 Å². The van der Waals surface area contributed by atoms with Gasteiger partial charge in [-0.15, -0.1) is 10.2 Å². The number of aliphatic hydroxyl groups excluding tert-OH is 1. The minimum Gasteiger partial charge on any atom is -0.466 e. The number of nitrogens with zero attached hydrogens (tertiary/aromatic N) is 2. The molecule has 90 valence electrons. The van der Waals surface area contributed by atoms with Gasteiger partial charge in [0.25, 0.3) is 0 Å². The predicted molar refractivity (Wildman–Crippen MR) is 62.3 cm³/mol. The molecule has 8 heteroatoms. The Morgan fingerprint density at radius 2 is 2.44 bits per heavy atom. The topological polar surface area (TPSA) is 98.3 Å². The number of hydrogen-bond donors (Lipinski definition) is 2. The van der Waals surface area contributed by atoms with Gasteiger partial charge >= 0.3 is 5.97 Å². The van der Waals surface area contributed by atoms with Crippen LogP contribution >= 0.6 is 23.1 Å². The third-order valence-electron chi connectivity index (χ3n) is 1.53. The largest absolute Gasteiger partial charge is 0.466 e. The second-order valence-electron chi connectivity index (χ2n) is 2.88. The molecule has 0 saturated heterocycles. The highest BCUT2D eigenvalue weighted by atomic mass is 32.2. The molecule has 0 aromatic carbocycles. The average molecular weight is 263 g/mol. The van der Waals surface area contributed by atoms with Gasteiger partial charge in [-0.25, -0.2) is 0 Å². The van der Waals surface area contributed by atoms with Gasteiger partial charge in [0.2, 0.25) is 5.13 Å². The molecule has 3 N–H and O–H groups in total. The zero-order valence-corrected chi connectivity index (χ0v) is 10.4. The van der Waals surface area contributed by atoms with Gasteiger partial charge in [0.05, 0.1) is 19.1 Å². The van der Waals surface area contributed by atoms with Crippen molar-refractivity contribution in [2.75, 3.05) is 18.1 Å². The Hall–Kier alpha value is -0.860. The summed E-state index contributed by atoms with van der Waals surface area (Å²) in [6, 6.07) is 0. The third kappa shape index (κ3) is 4.77. The molecule has 0 spiro atoms. The molecule has 0 aliphatic heterocycles. The number of rotatable bonds is 6. The van der Waals surface area contributed by atoms with E-state index in [4.69, 9.17) is 10.5 Å². The summed E-state index contributed by atoms with van der Waals surface area (Å²) in [5, 5.41) is 17.3. The normalized spacial score (nSPS) is 12.4. The summed E-state index contributed by atoms with van der Waals surface area (Å²) >= 11 is 2.57. The lowest BCUT2D eigenvalue weighted by Crippen LogP contribution is -2.17. The van der Waals surface area contributed by atoms with Crippen LogP contribution in [0.3, 0.4) is 0 Å². The van der Waals surface area contributed by atoms with Crippen LogP contribution in [0.2, 0.25) is 0 Å². The summed E-state index contributed by atoms with van der Waals surface area (Å²) in [6.07, 6.45) is -0.746. The summed E-state index contributed by atoms with van der Waals surface area (Å²) < 4.78 is 5.40. The van der Waals surface area contributed by atoms with E-state index in [1.54, 1.807) is 6.92 Å². The Bertz CT molecular complexity index is 345. The lowest BCUT2D eigenvalue weighted by atomic mass is 10.3. The van der Waals surface area contributed by atoms with Gasteiger partial charge in [-0.1, -0.05) is 23.1 Å². The molecule has 0 aliphatic rings. The first-order chi connectivity index (χ1) is 7.61. The van der Waals surface area contributed by atoms with Crippen molar-refractivity contribution in [3.05, 3.63) is 0 Å². The van der Waals surface area contributed by atoms with Crippen LogP contribution in [0.4, 0.5) is 5.13 Å². The number of ether oxygens (including phenoxy) is 1. The smallest absolute Gasteiger partial charge is 0.308 e. The lowest BCUT2D eigenvalue weighted by molar-refractivity contribution is -0.144. The molecule has 1 aromatic heterocycles. The van der Waals surface area contributed by atoms with E-state index in [1.165, 1.54) is 23.1 Å². The molecule has 0 bridgehead atoms. The third-order valence-corrected chi connectivity index (χ3v) is 3.56. The number of carbonyl (C=O) groups excluding carboxylic acids is 1. The summed E-state index contributed by atoms with van der Waals surface area (Å²) in [5.74, 6) is -0.0274. The molecular formula is C8H13N3O3S2. The average Bonchev–Trinajstić information content (AvgIpc) is 2.61. The van der Waals surface area contributed by atoms with Crippen LogP contribution < -0.4 is 5.73 Å². The monoisotopic (exact) mass is 263 g/mol. The van der Waals surface area contributed by atoms with Crippen LogP contribution in [-0.2, 0) is 9.53 Å². The van der Waals surface area contributed by atoms with E-state index < -0.39 is 12.1 Å². The Labute approximate surface area is 101 Å². The maximum absolute atomic E-state index is 11.0. The molecule has 1 aromatic rings. The zero-order valence-electron chi connectivity index (χ0n) is 8.75. The van der Waals surface area contributed by atoms with Gasteiger partial charge < -0.3 is 15.6 Å². The van der Waals surface area contributed by atoms with Crippen molar-refractivity contribution >= 4 is 34.2 Å². The number of carbonyl (C=O) groups is 1. The molecular weight excluding hydrogens is 250 g/mol. The van der Waals surface area contributed by atoms with Crippen molar-refractivity contribution in [1.29, 1.82) is 0 Å². The highest BCUT2D eigenvalue weighted by Crippen LogP contribution is 2.24. The number of esters is 1. The van der Waals surface area contributed by atoms with E-state index in [-0.39, 0.29) is 6.42 Å². The number of hydrogen-bond acceptors (Lipinski definition) is 8. The molecule has 1 atom stereocenters. The summed E-state index contributed by atoms with van der Waals surface area (Å²) in [4.78, 5) is 11.0. The molecule has 0 saturated carbocycles. The Balaban J connectivity index is 2.24. The molecule has 1 rings (SSSR count). The first-order valence-electron chi connectivity index (χ1n) is 4.67. The maximum atomic E-state index is 11.0. The Morgan fingerprint density at radius 1 is 1.69 bits per heavy atom. The van der Waals surface area contributed by atoms with Crippen LogP contribution in [0.15, 0.2) is 4.34 Å². The summed E-state index contributed by atoms with van der Waals surface area (Å²) in [5.41, 5.74) is 5.40. The fourth-order valence-corrected chi connectivity index (χ4v) is 2.51. The summed E-state index contributed by atoms with van der Waals surface area (Å²) in [7, 11) is 0. The van der Waals surface area contributed by atoms with Crippen molar-refractivity contribution in [2.45, 2.75) is 23.8 Å². The molecule has 0 aliphatic carbocycles. The van der Waals surface area contributed by atoms with E-state index in [0.717, 1.165) is 0 Å². The van der Waals surface area contributed by atoms with Crippen LogP contribution in [0.5, 0.6) is 0 Å². The molecule has 6 nitrogen and oxygen atoms in total. The number of nitrogens with two attached hydrogens (primary N) is 1. The van der Waals surface area contributed by atoms with E-state index in [2.05, 4.69) is 10.2 Å². The fourth-order valence-electron chi connectivity index (χ4n) is 0.917. The van der Waals surface area contributed by atoms with Gasteiger partial charge in [-0.3, -0.25) is 4.79 Å². The van der Waals surface area contributed by atoms with E-state index in [1.807, 2.05) is 0 Å². The van der Waals surface area contributed by atoms with E-state index in [9.17, 15) is 9.90 Å². The Morgan fingerprint density at radius 3 is 3.00 bits per heavy atom. The van der Waals surface area contributed by atoms with Gasteiger partial charge in [0.15, 0.2) is 4.34 Å². The fraction of sp³-hybridized carbons (Fsp3) is 0.625. The highest BCUT2D eigenvalue weighted by Gasteiger charge is 2.13. The molecule has 1 unspecified atom stereocenters. The van der Waals surface area contributed by atoms with Gasteiger partial charge in [0, 0.05) is 5.75 Å². The maximum Gasteiger partial charge on any atom is 0.308 e. The second kappa shape index (κ2) is 6.66. The first kappa shape index (κ1) is 13.2. The highest BCUT2D eigenvalue weighted by molar-refractivity contribution is 8.01. The minimum absolute atomic E-state index is 0.00484. The molecule has 0 amide bonds. The Kier molecular flexibility index (Phi) is 5.50. The molecule has 16 heavy (non-hydrogen) atoms. The molecule has 0 radical (unpaired) electrons. The van der Waals surface area contributed by atoms with Crippen LogP contribution in [-0.4, -0.2) is 39.7 Å². The lowest BCUT2D eigenvalue weighted by Gasteiger charge is -2.07. The van der Waals surface area contributed by atoms with Crippen molar-refractivity contribution in [1.82, 2.24) is 10.2 Å². The van der Waals surface area contributed by atoms with E-state index >= 15 is 0 Å². The van der Waals surface area contributed by atoms with Gasteiger partial charge in [-0.2, -0.15) is 0 Å². The van der Waals surface area contributed by atoms with Gasteiger partial charge in [-0.05, 0) is 6.92 Å². The number of aromatic nitrogens is 2. The summed E-state index contributed by atoms with van der Waals surface area (Å²) in [6.45, 7) is 2.05. The number of aliphatic hydroxyl groups is 1. The SMILES string of the molecule is CCOC(=O)CC(O)CSc1nnc(N)s1. The van der Waals surface area contributed by atoms with Crippen molar-refractivity contribution in [3.63, 3.8) is 0 Å². The first-order valence-corrected chi connectivity index (χ1v) is 6.47. The standard InChI is InChI=1S/C8H13N3O3S2/c1-2-14-6(13)3-5(12)4-15-8-11-10-7(9)16-8/h5,12H,2-4H2,1H3,(H2,9,10).